The first-order valence-corrected chi connectivity index (χ1v) is 17.4. The van der Waals surface area contributed by atoms with Crippen molar-refractivity contribution in [3.63, 3.8) is 0 Å². The quantitative estimate of drug-likeness (QED) is 0.171. The van der Waals surface area contributed by atoms with E-state index in [1.165, 1.54) is 17.5 Å². The van der Waals surface area contributed by atoms with Crippen LogP contribution < -0.4 is 20.9 Å². The fraction of sp³-hybridized carbons (Fsp3) is 0.421. The average molecular weight is 664 g/mol. The summed E-state index contributed by atoms with van der Waals surface area (Å²) < 4.78 is 0. The van der Waals surface area contributed by atoms with Crippen molar-refractivity contribution in [3.8, 4) is 0 Å². The number of carbonyl (C=O) groups is 3. The summed E-state index contributed by atoms with van der Waals surface area (Å²) in [5, 5.41) is 28.5. The molecule has 0 saturated carbocycles. The predicted molar refractivity (Wildman–Crippen MR) is 190 cm³/mol. The summed E-state index contributed by atoms with van der Waals surface area (Å²) in [5.41, 5.74) is 6.61. The standard InChI is InChI=1S/C38H45N7O4/c1-40-33-9-5-30(21-26(33)22-39)41-29-12-16-44(17-13-29)31-6-2-25(3-7-31)23-43-18-14-38(49,15-19-43)28-4-8-32-27(20-28)24-45(37(32)48)34-10-11-35(46)42-36(34)47/h2-9,20-22,29,34,39-41,49H,10-19,23-24H2,1H3,(H,42,46,47). The van der Waals surface area contributed by atoms with Crippen LogP contribution in [0.25, 0.3) is 0 Å². The molecule has 3 fully saturated rings. The van der Waals surface area contributed by atoms with Gasteiger partial charge in [0.05, 0.1) is 5.60 Å². The Morgan fingerprint density at radius 1 is 0.959 bits per heavy atom. The van der Waals surface area contributed by atoms with Gasteiger partial charge in [0.1, 0.15) is 6.04 Å². The number of aliphatic hydroxyl groups is 1. The summed E-state index contributed by atoms with van der Waals surface area (Å²) in [6, 6.07) is 20.3. The summed E-state index contributed by atoms with van der Waals surface area (Å²) >= 11 is 0. The highest BCUT2D eigenvalue weighted by Crippen LogP contribution is 2.37. The number of imide groups is 1. The zero-order chi connectivity index (χ0) is 34.1. The van der Waals surface area contributed by atoms with Crippen LogP contribution in [0.15, 0.2) is 60.7 Å². The minimum absolute atomic E-state index is 0.198. The van der Waals surface area contributed by atoms with Gasteiger partial charge in [-0.1, -0.05) is 24.3 Å². The van der Waals surface area contributed by atoms with Crippen LogP contribution in [-0.2, 0) is 28.3 Å². The molecule has 11 heteroatoms. The number of amides is 3. The Balaban J connectivity index is 0.894. The van der Waals surface area contributed by atoms with Crippen molar-refractivity contribution in [1.29, 1.82) is 5.41 Å². The third kappa shape index (κ3) is 6.78. The van der Waals surface area contributed by atoms with Crippen LogP contribution >= 0.6 is 0 Å². The summed E-state index contributed by atoms with van der Waals surface area (Å²) in [5.74, 6) is -0.916. The van der Waals surface area contributed by atoms with Gasteiger partial charge in [0.15, 0.2) is 0 Å². The van der Waals surface area contributed by atoms with E-state index in [4.69, 9.17) is 5.41 Å². The molecule has 0 bridgehead atoms. The van der Waals surface area contributed by atoms with E-state index >= 15 is 0 Å². The molecule has 5 N–H and O–H groups in total. The molecule has 4 aliphatic rings. The van der Waals surface area contributed by atoms with E-state index in [-0.39, 0.29) is 18.2 Å². The van der Waals surface area contributed by atoms with Gasteiger partial charge in [-0.05, 0) is 85.2 Å². The van der Waals surface area contributed by atoms with Gasteiger partial charge in [-0.2, -0.15) is 0 Å². The van der Waals surface area contributed by atoms with Crippen LogP contribution in [0.3, 0.4) is 0 Å². The van der Waals surface area contributed by atoms with E-state index < -0.39 is 17.6 Å². The smallest absolute Gasteiger partial charge is 0.255 e. The fourth-order valence-corrected chi connectivity index (χ4v) is 7.82. The van der Waals surface area contributed by atoms with Gasteiger partial charge in [-0.25, -0.2) is 0 Å². The lowest BCUT2D eigenvalue weighted by atomic mass is 9.83. The van der Waals surface area contributed by atoms with E-state index in [1.807, 2.05) is 31.3 Å². The summed E-state index contributed by atoms with van der Waals surface area (Å²) in [4.78, 5) is 43.5. The number of nitrogens with one attached hydrogen (secondary N) is 4. The van der Waals surface area contributed by atoms with Crippen molar-refractivity contribution in [2.24, 2.45) is 0 Å². The van der Waals surface area contributed by atoms with Crippen LogP contribution in [0.5, 0.6) is 0 Å². The van der Waals surface area contributed by atoms with Gasteiger partial charge in [-0.3, -0.25) is 24.6 Å². The third-order valence-electron chi connectivity index (χ3n) is 10.8. The Bertz CT molecular complexity index is 1740. The molecule has 7 rings (SSSR count). The lowest BCUT2D eigenvalue weighted by Gasteiger charge is -2.39. The molecule has 1 atom stereocenters. The number of fused-ring (bicyclic) bond motifs is 1. The monoisotopic (exact) mass is 663 g/mol. The first kappa shape index (κ1) is 32.8. The molecule has 256 valence electrons. The first-order valence-electron chi connectivity index (χ1n) is 17.4. The number of carbonyl (C=O) groups excluding carboxylic acids is 3. The maximum absolute atomic E-state index is 13.1. The van der Waals surface area contributed by atoms with Gasteiger partial charge in [0.2, 0.25) is 11.8 Å². The molecule has 0 radical (unpaired) electrons. The van der Waals surface area contributed by atoms with Crippen molar-refractivity contribution < 1.29 is 19.5 Å². The average Bonchev–Trinajstić information content (AvgIpc) is 3.45. The normalized spacial score (nSPS) is 21.3. The highest BCUT2D eigenvalue weighted by atomic mass is 16.3. The van der Waals surface area contributed by atoms with E-state index in [1.54, 1.807) is 11.0 Å². The third-order valence-corrected chi connectivity index (χ3v) is 10.8. The molecule has 3 amide bonds. The Labute approximate surface area is 287 Å². The van der Waals surface area contributed by atoms with E-state index in [0.717, 1.165) is 73.6 Å². The van der Waals surface area contributed by atoms with Crippen LogP contribution in [0.2, 0.25) is 0 Å². The number of benzene rings is 3. The largest absolute Gasteiger partial charge is 0.388 e. The molecule has 0 aliphatic carbocycles. The Morgan fingerprint density at radius 2 is 1.71 bits per heavy atom. The van der Waals surface area contributed by atoms with Crippen LogP contribution in [0.4, 0.5) is 17.1 Å². The molecule has 1 unspecified atom stereocenters. The first-order chi connectivity index (χ1) is 23.7. The number of anilines is 3. The number of hydrogen-bond acceptors (Lipinski definition) is 9. The maximum Gasteiger partial charge on any atom is 0.255 e. The molecule has 49 heavy (non-hydrogen) atoms. The van der Waals surface area contributed by atoms with Gasteiger partial charge in [0.25, 0.3) is 5.91 Å². The molecule has 4 aliphatic heterocycles. The molecule has 0 spiro atoms. The zero-order valence-corrected chi connectivity index (χ0v) is 28.0. The van der Waals surface area contributed by atoms with E-state index in [0.29, 0.717) is 37.4 Å². The second-order valence-corrected chi connectivity index (χ2v) is 13.8. The topological polar surface area (TPSA) is 141 Å². The van der Waals surface area contributed by atoms with Crippen molar-refractivity contribution in [3.05, 3.63) is 88.5 Å². The van der Waals surface area contributed by atoms with Crippen LogP contribution in [-0.4, -0.2) is 84.2 Å². The molecule has 0 aromatic heterocycles. The van der Waals surface area contributed by atoms with Gasteiger partial charge >= 0.3 is 0 Å². The zero-order valence-electron chi connectivity index (χ0n) is 28.0. The SMILES string of the molecule is CNc1ccc(NC2CCN(c3ccc(CN4CCC(O)(c5ccc6c(c5)CN(C5CCC(=O)NC5=O)C6=O)CC4)cc3)CC2)cc1C=N. The fourth-order valence-electron chi connectivity index (χ4n) is 7.82. The molecular formula is C38H45N7O4. The number of piperidine rings is 3. The summed E-state index contributed by atoms with van der Waals surface area (Å²) in [6.45, 7) is 4.62. The number of rotatable bonds is 9. The molecule has 3 aromatic rings. The maximum atomic E-state index is 13.1. The highest BCUT2D eigenvalue weighted by molar-refractivity contribution is 6.05. The second kappa shape index (κ2) is 13.6. The minimum Gasteiger partial charge on any atom is -0.388 e. The molecule has 11 nitrogen and oxygen atoms in total. The van der Waals surface area contributed by atoms with Crippen LogP contribution in [0, 0.1) is 5.41 Å². The predicted octanol–water partition coefficient (Wildman–Crippen LogP) is 4.05. The number of hydrogen-bond donors (Lipinski definition) is 5. The Hall–Kier alpha value is -4.74. The lowest BCUT2D eigenvalue weighted by Crippen LogP contribution is -2.52. The van der Waals surface area contributed by atoms with Crippen molar-refractivity contribution in [1.82, 2.24) is 15.1 Å². The van der Waals surface area contributed by atoms with Gasteiger partial charge < -0.3 is 30.9 Å². The molecule has 4 heterocycles. The van der Waals surface area contributed by atoms with Crippen LogP contribution in [0.1, 0.15) is 71.1 Å². The van der Waals surface area contributed by atoms with E-state index in [9.17, 15) is 19.5 Å². The van der Waals surface area contributed by atoms with Crippen molar-refractivity contribution in [2.75, 3.05) is 48.8 Å². The minimum atomic E-state index is -0.972. The van der Waals surface area contributed by atoms with Crippen molar-refractivity contribution >= 4 is 41.0 Å². The Morgan fingerprint density at radius 3 is 2.41 bits per heavy atom. The number of likely N-dealkylation sites (tertiary alicyclic amines) is 1. The van der Waals surface area contributed by atoms with Gasteiger partial charge in [-0.15, -0.1) is 0 Å². The lowest BCUT2D eigenvalue weighted by molar-refractivity contribution is -0.136. The second-order valence-electron chi connectivity index (χ2n) is 13.8. The van der Waals surface area contributed by atoms with Crippen molar-refractivity contribution in [2.45, 2.75) is 69.3 Å². The Kier molecular flexibility index (Phi) is 9.13. The highest BCUT2D eigenvalue weighted by Gasteiger charge is 2.41. The molecule has 3 aromatic carbocycles. The molecular weight excluding hydrogens is 618 g/mol. The summed E-state index contributed by atoms with van der Waals surface area (Å²) in [6.07, 6.45) is 5.23. The van der Waals surface area contributed by atoms with Gasteiger partial charge in [0, 0.05) is 93.2 Å². The number of nitrogens with zero attached hydrogens (tertiary/aromatic N) is 3. The summed E-state index contributed by atoms with van der Waals surface area (Å²) in [7, 11) is 1.87. The molecule has 3 saturated heterocycles. The van der Waals surface area contributed by atoms with E-state index in [2.05, 4.69) is 56.1 Å².